The zero-order chi connectivity index (χ0) is 12.2. The summed E-state index contributed by atoms with van der Waals surface area (Å²) in [4.78, 5) is 11.7. The Morgan fingerprint density at radius 3 is 2.69 bits per heavy atom. The minimum Gasteiger partial charge on any atom is -0.386 e. The number of ketones is 1. The van der Waals surface area contributed by atoms with Crippen LogP contribution >= 0.6 is 0 Å². The van der Waals surface area contributed by atoms with Crippen LogP contribution < -0.4 is 5.32 Å². The van der Waals surface area contributed by atoms with E-state index in [2.05, 4.69) is 5.32 Å². The first-order valence-electron chi connectivity index (χ1n) is 5.98. The summed E-state index contributed by atoms with van der Waals surface area (Å²) in [5.41, 5.74) is 0.628. The number of hydrogen-bond donors (Lipinski definition) is 1. The Bertz CT molecular complexity index is 270. The molecule has 0 aromatic heterocycles. The van der Waals surface area contributed by atoms with Gasteiger partial charge >= 0.3 is 0 Å². The van der Waals surface area contributed by atoms with Gasteiger partial charge in [0, 0.05) is 30.3 Å². The molecule has 3 heteroatoms. The van der Waals surface area contributed by atoms with E-state index in [9.17, 15) is 4.79 Å². The van der Waals surface area contributed by atoms with Crippen LogP contribution in [0.2, 0.25) is 0 Å². The molecule has 1 unspecified atom stereocenters. The number of allylic oxidation sites excluding steroid dienone is 2. The summed E-state index contributed by atoms with van der Waals surface area (Å²) in [6, 6.07) is 0. The van der Waals surface area contributed by atoms with Gasteiger partial charge in [-0.2, -0.15) is 0 Å². The van der Waals surface area contributed by atoms with Crippen molar-refractivity contribution in [1.82, 2.24) is 5.32 Å². The Morgan fingerprint density at radius 1 is 1.50 bits per heavy atom. The Kier molecular flexibility index (Phi) is 4.54. The molecule has 0 amide bonds. The van der Waals surface area contributed by atoms with Crippen molar-refractivity contribution in [2.24, 2.45) is 5.41 Å². The molecule has 3 nitrogen and oxygen atoms in total. The van der Waals surface area contributed by atoms with Gasteiger partial charge in [-0.3, -0.25) is 4.79 Å². The fourth-order valence-electron chi connectivity index (χ4n) is 1.54. The van der Waals surface area contributed by atoms with Crippen LogP contribution in [0.5, 0.6) is 0 Å². The van der Waals surface area contributed by atoms with Crippen molar-refractivity contribution >= 4 is 5.78 Å². The Balaban J connectivity index is 2.36. The Hall–Kier alpha value is -0.830. The molecule has 1 aliphatic rings. The molecule has 0 radical (unpaired) electrons. The van der Waals surface area contributed by atoms with Gasteiger partial charge in [0.2, 0.25) is 0 Å². The molecule has 1 fully saturated rings. The molecule has 0 aromatic carbocycles. The van der Waals surface area contributed by atoms with Crippen LogP contribution in [0.1, 0.15) is 40.5 Å². The van der Waals surface area contributed by atoms with E-state index in [1.165, 1.54) is 0 Å². The van der Waals surface area contributed by atoms with Crippen LogP contribution in [-0.4, -0.2) is 25.0 Å². The molecular formula is C13H23NO2. The predicted molar refractivity (Wildman–Crippen MR) is 65.2 cm³/mol. The van der Waals surface area contributed by atoms with Gasteiger partial charge in [-0.15, -0.1) is 0 Å². The zero-order valence-electron chi connectivity index (χ0n) is 10.8. The lowest BCUT2D eigenvalue weighted by Crippen LogP contribution is -2.26. The average molecular weight is 225 g/mol. The lowest BCUT2D eigenvalue weighted by Gasteiger charge is -2.16. The van der Waals surface area contributed by atoms with Crippen molar-refractivity contribution < 1.29 is 9.53 Å². The molecule has 16 heavy (non-hydrogen) atoms. The van der Waals surface area contributed by atoms with E-state index < -0.39 is 0 Å². The van der Waals surface area contributed by atoms with Gasteiger partial charge in [0.1, 0.15) is 0 Å². The molecule has 1 rings (SSSR count). The number of hydrogen-bond acceptors (Lipinski definition) is 3. The van der Waals surface area contributed by atoms with Crippen molar-refractivity contribution in [1.29, 1.82) is 0 Å². The van der Waals surface area contributed by atoms with Gasteiger partial charge in [-0.1, -0.05) is 20.8 Å². The third-order valence-corrected chi connectivity index (χ3v) is 2.72. The standard InChI is InChI=1S/C13H23NO2/c1-10(8-12(15)13(2,3)4)14-9-11-6-5-7-16-11/h8,11,14H,5-7,9H2,1-4H3. The summed E-state index contributed by atoms with van der Waals surface area (Å²) in [6.45, 7) is 9.39. The minimum absolute atomic E-state index is 0.157. The Morgan fingerprint density at radius 2 is 2.19 bits per heavy atom. The summed E-state index contributed by atoms with van der Waals surface area (Å²) >= 11 is 0. The second kappa shape index (κ2) is 5.48. The van der Waals surface area contributed by atoms with Crippen LogP contribution in [0.4, 0.5) is 0 Å². The minimum atomic E-state index is -0.299. The summed E-state index contributed by atoms with van der Waals surface area (Å²) < 4.78 is 5.50. The van der Waals surface area contributed by atoms with E-state index in [0.29, 0.717) is 6.10 Å². The molecule has 0 bridgehead atoms. The molecule has 1 atom stereocenters. The van der Waals surface area contributed by atoms with Crippen LogP contribution in [0.25, 0.3) is 0 Å². The highest BCUT2D eigenvalue weighted by Gasteiger charge is 2.19. The van der Waals surface area contributed by atoms with E-state index in [1.54, 1.807) is 6.08 Å². The van der Waals surface area contributed by atoms with Gasteiger partial charge in [0.05, 0.1) is 6.10 Å². The van der Waals surface area contributed by atoms with Crippen molar-refractivity contribution in [3.8, 4) is 0 Å². The Labute approximate surface area is 98.2 Å². The van der Waals surface area contributed by atoms with Gasteiger partial charge in [0.15, 0.2) is 5.78 Å². The highest BCUT2D eigenvalue weighted by molar-refractivity contribution is 5.94. The largest absolute Gasteiger partial charge is 0.386 e. The lowest BCUT2D eigenvalue weighted by atomic mass is 9.90. The van der Waals surface area contributed by atoms with Crippen LogP contribution in [0.3, 0.4) is 0 Å². The first-order chi connectivity index (χ1) is 7.39. The summed E-state index contributed by atoms with van der Waals surface area (Å²) in [7, 11) is 0. The van der Waals surface area contributed by atoms with Crippen molar-refractivity contribution in [3.63, 3.8) is 0 Å². The normalized spacial score (nSPS) is 22.2. The van der Waals surface area contributed by atoms with Crippen molar-refractivity contribution in [2.45, 2.75) is 46.6 Å². The van der Waals surface area contributed by atoms with Gasteiger partial charge in [-0.05, 0) is 19.8 Å². The summed E-state index contributed by atoms with van der Waals surface area (Å²) in [5, 5.41) is 3.24. The highest BCUT2D eigenvalue weighted by atomic mass is 16.5. The lowest BCUT2D eigenvalue weighted by molar-refractivity contribution is -0.121. The maximum atomic E-state index is 11.7. The number of ether oxygens (including phenoxy) is 1. The van der Waals surface area contributed by atoms with Crippen LogP contribution in [0.15, 0.2) is 11.8 Å². The third-order valence-electron chi connectivity index (χ3n) is 2.72. The van der Waals surface area contributed by atoms with E-state index in [-0.39, 0.29) is 11.2 Å². The number of carbonyl (C=O) groups excluding carboxylic acids is 1. The highest BCUT2D eigenvalue weighted by Crippen LogP contribution is 2.16. The fourth-order valence-corrected chi connectivity index (χ4v) is 1.54. The topological polar surface area (TPSA) is 38.3 Å². The second-order valence-corrected chi connectivity index (χ2v) is 5.46. The molecule has 1 aliphatic heterocycles. The van der Waals surface area contributed by atoms with E-state index >= 15 is 0 Å². The fraction of sp³-hybridized carbons (Fsp3) is 0.769. The van der Waals surface area contributed by atoms with Crippen molar-refractivity contribution in [2.75, 3.05) is 13.2 Å². The molecule has 1 N–H and O–H groups in total. The quantitative estimate of drug-likeness (QED) is 0.746. The maximum Gasteiger partial charge on any atom is 0.162 e. The number of carbonyl (C=O) groups is 1. The van der Waals surface area contributed by atoms with E-state index in [0.717, 1.165) is 31.7 Å². The SMILES string of the molecule is CC(=CC(=O)C(C)(C)C)NCC1CCCO1. The molecule has 0 spiro atoms. The van der Waals surface area contributed by atoms with E-state index in [4.69, 9.17) is 4.74 Å². The summed E-state index contributed by atoms with van der Waals surface area (Å²) in [6.07, 6.45) is 4.27. The predicted octanol–water partition coefficient (Wildman–Crippen LogP) is 2.27. The molecule has 92 valence electrons. The number of rotatable bonds is 4. The maximum absolute atomic E-state index is 11.7. The zero-order valence-corrected chi connectivity index (χ0v) is 10.8. The van der Waals surface area contributed by atoms with Crippen LogP contribution in [0, 0.1) is 5.41 Å². The monoisotopic (exact) mass is 225 g/mol. The smallest absolute Gasteiger partial charge is 0.162 e. The van der Waals surface area contributed by atoms with E-state index in [1.807, 2.05) is 27.7 Å². The van der Waals surface area contributed by atoms with Gasteiger partial charge < -0.3 is 10.1 Å². The molecular weight excluding hydrogens is 202 g/mol. The molecule has 1 saturated heterocycles. The second-order valence-electron chi connectivity index (χ2n) is 5.46. The molecule has 0 aliphatic carbocycles. The first-order valence-corrected chi connectivity index (χ1v) is 5.98. The van der Waals surface area contributed by atoms with Crippen molar-refractivity contribution in [3.05, 3.63) is 11.8 Å². The van der Waals surface area contributed by atoms with Gasteiger partial charge in [-0.25, -0.2) is 0 Å². The first kappa shape index (κ1) is 13.2. The van der Waals surface area contributed by atoms with Crippen LogP contribution in [-0.2, 0) is 9.53 Å². The third kappa shape index (κ3) is 4.35. The molecule has 0 aromatic rings. The van der Waals surface area contributed by atoms with Gasteiger partial charge in [0.25, 0.3) is 0 Å². The average Bonchev–Trinajstić information content (AvgIpc) is 2.65. The summed E-state index contributed by atoms with van der Waals surface area (Å²) in [5.74, 6) is 0.157. The molecule has 1 heterocycles. The molecule has 0 saturated carbocycles. The number of nitrogens with one attached hydrogen (secondary N) is 1.